The van der Waals surface area contributed by atoms with Crippen molar-refractivity contribution < 1.29 is 172 Å². The highest BCUT2D eigenvalue weighted by Gasteiger charge is 3.01. The summed E-state index contributed by atoms with van der Waals surface area (Å²) in [6.45, 7) is 30.2. The lowest BCUT2D eigenvalue weighted by Gasteiger charge is -2.54. The molecule has 0 aromatic rings. The molecule has 18 rings (SSSR count). The molecule has 18 saturated heterocycles. The largest absolute Gasteiger partial charge is 0.408 e. The smallest absolute Gasteiger partial charge is 0.360 e. The van der Waals surface area contributed by atoms with Crippen molar-refractivity contribution in [2.45, 2.75) is 153 Å². The van der Waals surface area contributed by atoms with Crippen LogP contribution in [-0.4, -0.2) is 412 Å². The summed E-state index contributed by atoms with van der Waals surface area (Å²) in [6.07, 6.45) is 0. The van der Waals surface area contributed by atoms with Crippen molar-refractivity contribution in [2.24, 2.45) is 0 Å². The third-order valence-corrected chi connectivity index (χ3v) is 27.3. The molecule has 18 aliphatic heterocycles. The van der Waals surface area contributed by atoms with E-state index in [4.69, 9.17) is 56.8 Å². The molecule has 18 fully saturated rings. The topological polar surface area (TPSA) is 598 Å². The van der Waals surface area contributed by atoms with Gasteiger partial charge in [-0.1, -0.05) is 78.9 Å². The average molecular weight is 2010 g/mol. The van der Waals surface area contributed by atoms with Crippen molar-refractivity contribution in [1.82, 2.24) is 118 Å². The third kappa shape index (κ3) is 10.0. The van der Waals surface area contributed by atoms with Gasteiger partial charge in [-0.2, -0.15) is 0 Å². The molecule has 0 aromatic heterocycles. The van der Waals surface area contributed by atoms with Crippen molar-refractivity contribution in [2.75, 3.05) is 80.0 Å². The fraction of sp³-hybridized carbons (Fsp3) is 0.429. The molecule has 0 radical (unpaired) electrons. The van der Waals surface area contributed by atoms with E-state index in [-0.39, 0.29) is 118 Å². The summed E-state index contributed by atoms with van der Waals surface area (Å²) in [5, 5.41) is 0. The maximum atomic E-state index is 18.0. The van der Waals surface area contributed by atoms with Crippen LogP contribution in [0.2, 0.25) is 0 Å². The van der Waals surface area contributed by atoms with Crippen molar-refractivity contribution in [3.63, 3.8) is 0 Å². The Bertz CT molecular complexity index is 5100. The molecular weight excluding hydrogens is 1920 g/mol. The summed E-state index contributed by atoms with van der Waals surface area (Å²) in [4.78, 5) is 407. The number of amides is 24. The molecule has 144 heavy (non-hydrogen) atoms. The van der Waals surface area contributed by atoms with Gasteiger partial charge in [0.25, 0.3) is 0 Å². The van der Waals surface area contributed by atoms with Gasteiger partial charge in [-0.05, 0) is 83.1 Å². The fourth-order valence-electron chi connectivity index (χ4n) is 21.0. The van der Waals surface area contributed by atoms with Crippen LogP contribution in [0.3, 0.4) is 0 Å². The summed E-state index contributed by atoms with van der Waals surface area (Å²) in [5.41, 5.74) is -9.28. The second kappa shape index (κ2) is 28.8. The molecule has 756 valence electrons. The van der Waals surface area contributed by atoms with Crippen LogP contribution in [0, 0.1) is 0 Å². The van der Waals surface area contributed by atoms with E-state index in [1.54, 1.807) is 0 Å². The average Bonchev–Trinajstić information content (AvgIpc) is 1.44. The zero-order valence-electron chi connectivity index (χ0n) is 78.4. The Morgan fingerprint density at radius 3 is 0.229 bits per heavy atom. The quantitative estimate of drug-likeness (QED) is 0.0680. The lowest BCUT2D eigenvalue weighted by Crippen LogP contribution is -2.81. The van der Waals surface area contributed by atoms with Crippen LogP contribution in [0.5, 0.6) is 0 Å². The van der Waals surface area contributed by atoms with E-state index in [1.807, 2.05) is 0 Å². The van der Waals surface area contributed by atoms with E-state index in [0.29, 0.717) is 0 Å². The number of carbonyl (C=O) groups is 24. The molecule has 0 unspecified atom stereocenters. The van der Waals surface area contributed by atoms with E-state index in [9.17, 15) is 0 Å². The molecular formula is C84H84N24O36. The lowest BCUT2D eigenvalue weighted by atomic mass is 10.1. The normalized spacial score (nSPS) is 31.4. The van der Waals surface area contributed by atoms with Crippen LogP contribution >= 0.6 is 0 Å². The van der Waals surface area contributed by atoms with Gasteiger partial charge in [-0.25, -0.2) is 233 Å². The van der Waals surface area contributed by atoms with Crippen molar-refractivity contribution >= 4 is 144 Å². The number of hydrogen-bond donors (Lipinski definition) is 0. The minimum absolute atomic E-state index is 0.0885. The third-order valence-electron chi connectivity index (χ3n) is 27.3. The van der Waals surface area contributed by atoms with Crippen LogP contribution in [0.1, 0.15) is 83.1 Å². The molecule has 0 spiro atoms. The SMILES string of the molecule is C=C(C)C(=O)OC12N3CN4C(=O)N5CN6C(=O)N7CN8C(=O)N9CN%10C(=O)N%11CN%12C(=O)N%13CN(C3=O)C1(OC(=O)C(=C)C)N1CN3C(=O)N(CN%14C(=O)N(CN%15C(=O)N(CN%16C(=O)N(CN%17C(=O)N(CN2C1=O)C4(OC(=O)C(=C)C)C5%17OC(=O)C(=C)C)C6(OC(=O)C(=C)C)C7%16OC(=O)C(=C)C)C8(OC(=O)C(=C)C)C9%15OC(=O)C(=C)C)C%10(OC(=O)C(=C)C)C%11%14OC(=O)C(=C)C)C%12(OC(=O)C(=C)C)C%133OC(=O)C(=C)C. The summed E-state index contributed by atoms with van der Waals surface area (Å²) in [5.74, 6) is -71.4. The highest BCUT2D eigenvalue weighted by atomic mass is 16.7. The number of esters is 12. The van der Waals surface area contributed by atoms with Gasteiger partial charge in [-0.15, -0.1) is 0 Å². The molecule has 18 aliphatic rings. The van der Waals surface area contributed by atoms with Gasteiger partial charge in [0.2, 0.25) is 0 Å². The zero-order valence-corrected chi connectivity index (χ0v) is 78.4. The van der Waals surface area contributed by atoms with Crippen molar-refractivity contribution in [1.29, 1.82) is 0 Å². The molecule has 0 bridgehead atoms. The number of urea groups is 12. The van der Waals surface area contributed by atoms with Gasteiger partial charge in [0.1, 0.15) is 80.0 Å². The van der Waals surface area contributed by atoms with Crippen LogP contribution in [0.25, 0.3) is 0 Å². The van der Waals surface area contributed by atoms with Crippen molar-refractivity contribution in [3.8, 4) is 0 Å². The molecule has 0 aliphatic carbocycles. The zero-order chi connectivity index (χ0) is 106. The second-order valence-corrected chi connectivity index (χ2v) is 36.7. The molecule has 0 atom stereocenters. The first-order valence-corrected chi connectivity index (χ1v) is 42.9. The summed E-state index contributed by atoms with van der Waals surface area (Å²) >= 11 is 0. The predicted molar refractivity (Wildman–Crippen MR) is 451 cm³/mol. The highest BCUT2D eigenvalue weighted by Crippen LogP contribution is 2.70. The summed E-state index contributed by atoms with van der Waals surface area (Å²) in [7, 11) is 0. The molecule has 0 N–H and O–H groups in total. The predicted octanol–water partition coefficient (Wildman–Crippen LogP) is -0.300. The first-order chi connectivity index (χ1) is 67.1. The molecule has 0 saturated carbocycles. The first kappa shape index (κ1) is 94.7. The monoisotopic (exact) mass is 2000 g/mol. The lowest BCUT2D eigenvalue weighted by molar-refractivity contribution is -0.374. The Hall–Kier alpha value is -18.2. The van der Waals surface area contributed by atoms with E-state index < -0.39 is 361 Å². The minimum Gasteiger partial charge on any atom is -0.408 e. The fourth-order valence-corrected chi connectivity index (χ4v) is 21.0. The van der Waals surface area contributed by atoms with Gasteiger partial charge in [0.05, 0.1) is 0 Å². The Kier molecular flexibility index (Phi) is 18.9. The van der Waals surface area contributed by atoms with E-state index in [0.717, 1.165) is 83.1 Å². The Morgan fingerprint density at radius 1 is 0.139 bits per heavy atom. The van der Waals surface area contributed by atoms with Gasteiger partial charge < -0.3 is 56.8 Å². The number of ether oxygens (including phenoxy) is 12. The number of nitrogens with zero attached hydrogens (tertiary/aromatic N) is 24. The molecule has 60 heteroatoms. The standard InChI is InChI=1S/C84H84N24O36/c1-37(2)49(109)133-73-74(134-50(110)38(3)4)87-27-91-65(125)95-31-99-69(129)103-35-107-71(131)105-33-101-67(127)97-29-93-63(123)89(25-85(73)61(87)121)75(135-51(111)39(5)6)76(93,136-52(112)40(7)8)94-30-98-68(128)102(80(101,140-56(116)44(15)16)79(97,98)139-55(115)43(13)14)34-106-72(132)108(84(107,144-60(120)48(23)24)83(105,106)143-59(119)47(21)22)36-104-70(130)100(81(99,141-57(117)45(17)18)82(103,104)142-58(118)46(19)20)32-96-66(126)92(28-88(74)62(122)86(73)26-90(75)64(94)124)77(91,137-53(113)41(9)10)78(95,96)138-54(114)42(11)12/h1,3,5,7,9,11,13,15,17,19,21,23,25-36H2,2,4,6,8,10,12,14,16,18,20,22,24H3. The van der Waals surface area contributed by atoms with Crippen LogP contribution < -0.4 is 0 Å². The maximum Gasteiger partial charge on any atom is 0.360 e. The van der Waals surface area contributed by atoms with Gasteiger partial charge in [0.15, 0.2) is 0 Å². The second-order valence-electron chi connectivity index (χ2n) is 36.7. The Morgan fingerprint density at radius 2 is 0.188 bits per heavy atom. The molecule has 60 nitrogen and oxygen atoms in total. The minimum atomic E-state index is -4.12. The number of hydrogen-bond acceptors (Lipinski definition) is 36. The summed E-state index contributed by atoms with van der Waals surface area (Å²) < 4.78 is 79.1. The number of rotatable bonds is 24. The Balaban J connectivity index is 1.03. The van der Waals surface area contributed by atoms with Crippen LogP contribution in [0.4, 0.5) is 57.5 Å². The van der Waals surface area contributed by atoms with Gasteiger partial charge in [0, 0.05) is 66.9 Å². The Labute approximate surface area is 809 Å². The maximum absolute atomic E-state index is 18.0. The van der Waals surface area contributed by atoms with E-state index >= 15 is 115 Å². The molecule has 0 aromatic carbocycles. The van der Waals surface area contributed by atoms with E-state index in [1.165, 1.54) is 0 Å². The van der Waals surface area contributed by atoms with E-state index in [2.05, 4.69) is 78.9 Å². The van der Waals surface area contributed by atoms with Crippen LogP contribution in [0.15, 0.2) is 146 Å². The summed E-state index contributed by atoms with van der Waals surface area (Å²) in [6, 6.07) is -25.0. The van der Waals surface area contributed by atoms with Gasteiger partial charge >= 0.3 is 214 Å². The van der Waals surface area contributed by atoms with Crippen LogP contribution in [-0.2, 0) is 114 Å². The highest BCUT2D eigenvalue weighted by molar-refractivity contribution is 6.05. The first-order valence-electron chi connectivity index (χ1n) is 42.9. The molecule has 18 heterocycles. The number of carbonyl (C=O) groups excluding carboxylic acids is 24. The molecule has 24 amide bonds. The van der Waals surface area contributed by atoms with Crippen molar-refractivity contribution in [3.05, 3.63) is 146 Å². The van der Waals surface area contributed by atoms with Gasteiger partial charge in [-0.3, -0.25) is 0 Å².